The summed E-state index contributed by atoms with van der Waals surface area (Å²) in [4.78, 5) is 13.5. The van der Waals surface area contributed by atoms with Crippen molar-refractivity contribution >= 4 is 23.0 Å². The Morgan fingerprint density at radius 2 is 2.12 bits per heavy atom. The van der Waals surface area contributed by atoms with Gasteiger partial charge in [0.1, 0.15) is 5.69 Å². The van der Waals surface area contributed by atoms with Gasteiger partial charge in [0.25, 0.3) is 5.91 Å². The molecule has 2 heterocycles. The number of hydrazone groups is 1. The summed E-state index contributed by atoms with van der Waals surface area (Å²) < 4.78 is 0. The minimum absolute atomic E-state index is 0.251. The van der Waals surface area contributed by atoms with E-state index in [1.54, 1.807) is 11.3 Å². The molecule has 0 fully saturated rings. The molecule has 0 unspecified atom stereocenters. The molecule has 0 saturated carbocycles. The number of nitrogens with one attached hydrogen (secondary N) is 2. The van der Waals surface area contributed by atoms with E-state index in [-0.39, 0.29) is 5.91 Å². The Labute approximate surface area is 143 Å². The molecule has 0 spiro atoms. The summed E-state index contributed by atoms with van der Waals surface area (Å²) in [6, 6.07) is 12.1. The Hall–Kier alpha value is -2.73. The van der Waals surface area contributed by atoms with E-state index in [0.29, 0.717) is 5.69 Å². The lowest BCUT2D eigenvalue weighted by atomic mass is 9.89. The number of carbonyl (C=O) groups is 1. The number of aromatic nitrogens is 2. The summed E-state index contributed by atoms with van der Waals surface area (Å²) >= 11 is 1.59. The number of aryl methyl sites for hydroxylation is 1. The Kier molecular flexibility index (Phi) is 3.74. The molecule has 0 bridgehead atoms. The number of hydrogen-bond donors (Lipinski definition) is 2. The van der Waals surface area contributed by atoms with Crippen LogP contribution in [0.25, 0.3) is 11.3 Å². The molecule has 4 rings (SSSR count). The molecule has 2 aromatic heterocycles. The largest absolute Gasteiger partial charge is 0.289 e. The Morgan fingerprint density at radius 1 is 1.25 bits per heavy atom. The van der Waals surface area contributed by atoms with E-state index in [9.17, 15) is 4.79 Å². The van der Waals surface area contributed by atoms with Crippen molar-refractivity contribution in [2.24, 2.45) is 5.10 Å². The number of carbonyl (C=O) groups excluding carboxylic acids is 1. The van der Waals surface area contributed by atoms with Gasteiger partial charge in [0.2, 0.25) is 0 Å². The molecule has 1 aliphatic carbocycles. The van der Waals surface area contributed by atoms with Crippen molar-refractivity contribution in [1.29, 1.82) is 0 Å². The normalized spacial score (nSPS) is 13.3. The number of H-pyrrole nitrogens is 1. The number of nitrogens with zero attached hydrogens (tertiary/aromatic N) is 2. The first-order valence-corrected chi connectivity index (χ1v) is 8.66. The van der Waals surface area contributed by atoms with Gasteiger partial charge in [0.05, 0.1) is 11.4 Å². The van der Waals surface area contributed by atoms with Crippen LogP contribution in [0, 0.1) is 0 Å². The zero-order valence-electron chi connectivity index (χ0n) is 13.2. The average molecular weight is 336 g/mol. The van der Waals surface area contributed by atoms with Gasteiger partial charge in [-0.05, 0) is 36.8 Å². The van der Waals surface area contributed by atoms with Gasteiger partial charge in [0.15, 0.2) is 0 Å². The molecule has 0 saturated heterocycles. The maximum atomic E-state index is 12.5. The van der Waals surface area contributed by atoms with E-state index in [0.717, 1.165) is 40.3 Å². The fraction of sp³-hybridized carbons (Fsp3) is 0.167. The summed E-state index contributed by atoms with van der Waals surface area (Å²) in [7, 11) is 0. The molecule has 0 atom stereocenters. The third-order valence-corrected chi connectivity index (χ3v) is 5.19. The maximum absolute atomic E-state index is 12.5. The molecule has 6 heteroatoms. The molecule has 1 aromatic carbocycles. The van der Waals surface area contributed by atoms with Gasteiger partial charge in [-0.1, -0.05) is 30.3 Å². The smallest absolute Gasteiger partial charge is 0.272 e. The molecular formula is C18H16N4OS. The molecule has 120 valence electrons. The van der Waals surface area contributed by atoms with Crippen LogP contribution in [0.3, 0.4) is 0 Å². The van der Waals surface area contributed by atoms with Crippen molar-refractivity contribution in [2.75, 3.05) is 0 Å². The zero-order valence-corrected chi connectivity index (χ0v) is 14.0. The van der Waals surface area contributed by atoms with Gasteiger partial charge in [0, 0.05) is 16.0 Å². The maximum Gasteiger partial charge on any atom is 0.289 e. The van der Waals surface area contributed by atoms with Crippen molar-refractivity contribution < 1.29 is 4.79 Å². The lowest BCUT2D eigenvalue weighted by Crippen LogP contribution is -2.21. The lowest BCUT2D eigenvalue weighted by Gasteiger charge is -2.15. The topological polar surface area (TPSA) is 70.1 Å². The number of amides is 1. The molecule has 2 N–H and O–H groups in total. The third-order valence-electron chi connectivity index (χ3n) is 4.21. The molecule has 24 heavy (non-hydrogen) atoms. The molecule has 0 aliphatic heterocycles. The minimum atomic E-state index is -0.251. The van der Waals surface area contributed by atoms with Crippen LogP contribution in [0.1, 0.15) is 33.4 Å². The highest BCUT2D eigenvalue weighted by Gasteiger charge is 2.24. The fourth-order valence-electron chi connectivity index (χ4n) is 2.98. The van der Waals surface area contributed by atoms with Crippen molar-refractivity contribution in [3.8, 4) is 11.3 Å². The zero-order chi connectivity index (χ0) is 16.5. The van der Waals surface area contributed by atoms with Crippen LogP contribution in [0.4, 0.5) is 0 Å². The SMILES string of the molecule is C/C(=N/NC(=O)c1[nH]nc2c1CCc1ccccc1-2)c1cccs1. The summed E-state index contributed by atoms with van der Waals surface area (Å²) in [5.41, 5.74) is 8.14. The van der Waals surface area contributed by atoms with Crippen molar-refractivity contribution in [1.82, 2.24) is 15.6 Å². The second kappa shape index (κ2) is 6.05. The van der Waals surface area contributed by atoms with Crippen LogP contribution in [0.2, 0.25) is 0 Å². The Balaban J connectivity index is 1.59. The molecule has 3 aromatic rings. The van der Waals surface area contributed by atoms with Crippen LogP contribution >= 0.6 is 11.3 Å². The molecule has 1 amide bonds. The number of thiophene rings is 1. The van der Waals surface area contributed by atoms with E-state index in [1.807, 2.05) is 36.6 Å². The van der Waals surface area contributed by atoms with Crippen LogP contribution in [0.15, 0.2) is 46.9 Å². The quantitative estimate of drug-likeness (QED) is 0.568. The van der Waals surface area contributed by atoms with E-state index >= 15 is 0 Å². The van der Waals surface area contributed by atoms with Crippen molar-refractivity contribution in [2.45, 2.75) is 19.8 Å². The highest BCUT2D eigenvalue weighted by molar-refractivity contribution is 7.12. The molecular weight excluding hydrogens is 320 g/mol. The van der Waals surface area contributed by atoms with E-state index in [4.69, 9.17) is 0 Å². The van der Waals surface area contributed by atoms with Crippen LogP contribution in [-0.4, -0.2) is 21.8 Å². The third kappa shape index (κ3) is 2.55. The highest BCUT2D eigenvalue weighted by atomic mass is 32.1. The molecule has 1 aliphatic rings. The lowest BCUT2D eigenvalue weighted by molar-refractivity contribution is 0.0949. The number of benzene rings is 1. The monoisotopic (exact) mass is 336 g/mol. The summed E-state index contributed by atoms with van der Waals surface area (Å²) in [5, 5.41) is 13.4. The van der Waals surface area contributed by atoms with Gasteiger partial charge < -0.3 is 0 Å². The van der Waals surface area contributed by atoms with Gasteiger partial charge in [-0.15, -0.1) is 11.3 Å². The predicted octanol–water partition coefficient (Wildman–Crippen LogP) is 3.39. The van der Waals surface area contributed by atoms with Gasteiger partial charge in [-0.25, -0.2) is 5.43 Å². The number of hydrogen-bond acceptors (Lipinski definition) is 4. The first-order chi connectivity index (χ1) is 11.7. The van der Waals surface area contributed by atoms with Crippen LogP contribution in [-0.2, 0) is 12.8 Å². The Morgan fingerprint density at radius 3 is 2.96 bits per heavy atom. The van der Waals surface area contributed by atoms with Gasteiger partial charge in [-0.3, -0.25) is 9.89 Å². The van der Waals surface area contributed by atoms with Crippen LogP contribution in [0.5, 0.6) is 0 Å². The van der Waals surface area contributed by atoms with Crippen LogP contribution < -0.4 is 5.43 Å². The first-order valence-electron chi connectivity index (χ1n) is 7.78. The standard InChI is InChI=1S/C18H16N4OS/c1-11(15-7-4-10-24-15)19-22-18(23)17-14-9-8-12-5-2-3-6-13(12)16(14)20-21-17/h2-7,10H,8-9H2,1H3,(H,20,21)(H,22,23)/b19-11-. The number of aromatic amines is 1. The second-order valence-corrected chi connectivity index (χ2v) is 6.65. The van der Waals surface area contributed by atoms with Gasteiger partial charge >= 0.3 is 0 Å². The highest BCUT2D eigenvalue weighted by Crippen LogP contribution is 2.33. The summed E-state index contributed by atoms with van der Waals surface area (Å²) in [6.07, 6.45) is 1.72. The fourth-order valence-corrected chi connectivity index (χ4v) is 3.66. The van der Waals surface area contributed by atoms with E-state index in [2.05, 4.69) is 32.9 Å². The predicted molar refractivity (Wildman–Crippen MR) is 95.4 cm³/mol. The average Bonchev–Trinajstić information content (AvgIpc) is 3.28. The Bertz CT molecular complexity index is 924. The summed E-state index contributed by atoms with van der Waals surface area (Å²) in [6.45, 7) is 1.88. The molecule has 0 radical (unpaired) electrons. The number of rotatable bonds is 3. The van der Waals surface area contributed by atoms with Crippen molar-refractivity contribution in [3.63, 3.8) is 0 Å². The van der Waals surface area contributed by atoms with Gasteiger partial charge in [-0.2, -0.15) is 10.2 Å². The van der Waals surface area contributed by atoms with Crippen molar-refractivity contribution in [3.05, 3.63) is 63.5 Å². The van der Waals surface area contributed by atoms with E-state index in [1.165, 1.54) is 5.56 Å². The minimum Gasteiger partial charge on any atom is -0.272 e. The van der Waals surface area contributed by atoms with E-state index < -0.39 is 0 Å². The number of fused-ring (bicyclic) bond motifs is 3. The second-order valence-electron chi connectivity index (χ2n) is 5.70. The first kappa shape index (κ1) is 14.8. The summed E-state index contributed by atoms with van der Waals surface area (Å²) in [5.74, 6) is -0.251. The molecule has 5 nitrogen and oxygen atoms in total.